The fourth-order valence-corrected chi connectivity index (χ4v) is 3.31. The second-order valence-corrected chi connectivity index (χ2v) is 6.32. The number of aryl methyl sites for hydroxylation is 1. The smallest absolute Gasteiger partial charge is 0.158 e. The van der Waals surface area contributed by atoms with Gasteiger partial charge in [0.1, 0.15) is 17.0 Å². The third-order valence-corrected chi connectivity index (χ3v) is 4.45. The molecular weight excluding hydrogens is 308 g/mol. The molecule has 0 aliphatic rings. The molecule has 0 bridgehead atoms. The second-order valence-electron chi connectivity index (χ2n) is 5.09. The van der Waals surface area contributed by atoms with Crippen molar-refractivity contribution in [2.45, 2.75) is 13.5 Å². The van der Waals surface area contributed by atoms with Gasteiger partial charge in [-0.05, 0) is 25.1 Å². The molecule has 0 aliphatic heterocycles. The van der Waals surface area contributed by atoms with E-state index in [0.29, 0.717) is 6.54 Å². The average molecular weight is 322 g/mol. The molecule has 7 heteroatoms. The molecule has 0 fully saturated rings. The predicted molar refractivity (Wildman–Crippen MR) is 90.8 cm³/mol. The van der Waals surface area contributed by atoms with Crippen LogP contribution in [0.2, 0.25) is 0 Å². The fourth-order valence-electron chi connectivity index (χ4n) is 2.46. The normalized spacial score (nSPS) is 11.0. The van der Waals surface area contributed by atoms with E-state index in [2.05, 4.69) is 38.4 Å². The zero-order valence-corrected chi connectivity index (χ0v) is 13.3. The van der Waals surface area contributed by atoms with Gasteiger partial charge in [0.05, 0.1) is 5.39 Å². The number of pyridine rings is 1. The molecule has 0 radical (unpaired) electrons. The number of anilines is 1. The lowest BCUT2D eigenvalue weighted by atomic mass is 10.2. The van der Waals surface area contributed by atoms with Crippen molar-refractivity contribution in [1.29, 1.82) is 0 Å². The van der Waals surface area contributed by atoms with Crippen molar-refractivity contribution in [2.24, 2.45) is 0 Å². The van der Waals surface area contributed by atoms with Gasteiger partial charge in [-0.25, -0.2) is 19.6 Å². The highest BCUT2D eigenvalue weighted by atomic mass is 32.1. The van der Waals surface area contributed by atoms with Crippen LogP contribution in [0, 0.1) is 6.92 Å². The van der Waals surface area contributed by atoms with Gasteiger partial charge in [0, 0.05) is 35.6 Å². The van der Waals surface area contributed by atoms with Crippen molar-refractivity contribution in [2.75, 3.05) is 5.32 Å². The van der Waals surface area contributed by atoms with Gasteiger partial charge in [0.15, 0.2) is 5.82 Å². The van der Waals surface area contributed by atoms with E-state index in [1.54, 1.807) is 34.7 Å². The van der Waals surface area contributed by atoms with Gasteiger partial charge >= 0.3 is 0 Å². The van der Waals surface area contributed by atoms with Crippen LogP contribution in [-0.4, -0.2) is 24.7 Å². The van der Waals surface area contributed by atoms with Gasteiger partial charge in [-0.3, -0.25) is 0 Å². The highest BCUT2D eigenvalue weighted by molar-refractivity contribution is 7.18. The van der Waals surface area contributed by atoms with Crippen molar-refractivity contribution in [1.82, 2.24) is 24.7 Å². The number of nitrogens with zero attached hydrogens (tertiary/aromatic N) is 5. The monoisotopic (exact) mass is 322 g/mol. The molecule has 0 amide bonds. The summed E-state index contributed by atoms with van der Waals surface area (Å²) in [6.45, 7) is 2.69. The Morgan fingerprint density at radius 2 is 2.13 bits per heavy atom. The highest BCUT2D eigenvalue weighted by Crippen LogP contribution is 2.27. The summed E-state index contributed by atoms with van der Waals surface area (Å²) in [7, 11) is 0. The molecule has 0 aliphatic carbocycles. The van der Waals surface area contributed by atoms with E-state index in [-0.39, 0.29) is 0 Å². The van der Waals surface area contributed by atoms with E-state index in [9.17, 15) is 0 Å². The Kier molecular flexibility index (Phi) is 3.47. The summed E-state index contributed by atoms with van der Waals surface area (Å²) in [4.78, 5) is 15.3. The van der Waals surface area contributed by atoms with Crippen molar-refractivity contribution in [3.05, 3.63) is 59.6 Å². The molecule has 4 aromatic rings. The van der Waals surface area contributed by atoms with Crippen LogP contribution in [0.1, 0.15) is 10.4 Å². The van der Waals surface area contributed by atoms with Crippen LogP contribution >= 0.6 is 11.3 Å². The molecule has 0 saturated heterocycles. The molecule has 114 valence electrons. The summed E-state index contributed by atoms with van der Waals surface area (Å²) < 4.78 is 1.77. The first kappa shape index (κ1) is 13.8. The summed E-state index contributed by atoms with van der Waals surface area (Å²) >= 11 is 1.67. The number of rotatable bonds is 4. The zero-order chi connectivity index (χ0) is 15.6. The summed E-state index contributed by atoms with van der Waals surface area (Å²) in [6, 6.07) is 7.95. The molecule has 0 spiro atoms. The van der Waals surface area contributed by atoms with Crippen molar-refractivity contribution in [3.63, 3.8) is 0 Å². The molecule has 0 unspecified atom stereocenters. The number of aromatic nitrogens is 5. The lowest BCUT2D eigenvalue weighted by Gasteiger charge is -2.10. The van der Waals surface area contributed by atoms with E-state index in [1.807, 2.05) is 24.4 Å². The summed E-state index contributed by atoms with van der Waals surface area (Å²) in [6.07, 6.45) is 6.99. The lowest BCUT2D eigenvalue weighted by Crippen LogP contribution is -2.08. The van der Waals surface area contributed by atoms with Crippen molar-refractivity contribution < 1.29 is 0 Å². The molecule has 0 aromatic carbocycles. The van der Waals surface area contributed by atoms with Crippen molar-refractivity contribution >= 4 is 27.4 Å². The summed E-state index contributed by atoms with van der Waals surface area (Å²) in [5, 5.41) is 8.71. The maximum Gasteiger partial charge on any atom is 0.158 e. The number of fused-ring (bicyclic) bond motifs is 1. The quantitative estimate of drug-likeness (QED) is 0.625. The molecular formula is C16H14N6S. The van der Waals surface area contributed by atoms with E-state index >= 15 is 0 Å². The van der Waals surface area contributed by atoms with E-state index in [4.69, 9.17) is 0 Å². The first-order valence-electron chi connectivity index (χ1n) is 7.20. The SMILES string of the molecule is Cc1cc2c(NCc3cccnc3-n3cccn3)ncnc2s1. The Hall–Kier alpha value is -2.80. The van der Waals surface area contributed by atoms with E-state index in [0.717, 1.165) is 27.4 Å². The molecule has 4 aromatic heterocycles. The van der Waals surface area contributed by atoms with Gasteiger partial charge < -0.3 is 5.32 Å². The van der Waals surface area contributed by atoms with Gasteiger partial charge in [0.2, 0.25) is 0 Å². The van der Waals surface area contributed by atoms with E-state index in [1.165, 1.54) is 4.88 Å². The summed E-state index contributed by atoms with van der Waals surface area (Å²) in [5.41, 5.74) is 1.05. The van der Waals surface area contributed by atoms with Crippen molar-refractivity contribution in [3.8, 4) is 5.82 Å². The molecule has 1 N–H and O–H groups in total. The van der Waals surface area contributed by atoms with Crippen LogP contribution in [0.5, 0.6) is 0 Å². The average Bonchev–Trinajstić information content (AvgIpc) is 3.21. The first-order chi connectivity index (χ1) is 11.3. The third kappa shape index (κ3) is 2.66. The topological polar surface area (TPSA) is 68.5 Å². The van der Waals surface area contributed by atoms with Crippen LogP contribution in [0.25, 0.3) is 16.0 Å². The molecule has 4 rings (SSSR count). The molecule has 4 heterocycles. The molecule has 0 saturated carbocycles. The van der Waals surface area contributed by atoms with Crippen LogP contribution < -0.4 is 5.32 Å². The number of hydrogen-bond donors (Lipinski definition) is 1. The van der Waals surface area contributed by atoms with Gasteiger partial charge in [-0.1, -0.05) is 6.07 Å². The first-order valence-corrected chi connectivity index (χ1v) is 8.02. The number of thiophene rings is 1. The van der Waals surface area contributed by atoms with Crippen LogP contribution in [0.3, 0.4) is 0 Å². The Bertz CT molecular complexity index is 944. The summed E-state index contributed by atoms with van der Waals surface area (Å²) in [5.74, 6) is 1.66. The largest absolute Gasteiger partial charge is 0.365 e. The minimum Gasteiger partial charge on any atom is -0.365 e. The van der Waals surface area contributed by atoms with Gasteiger partial charge in [-0.15, -0.1) is 11.3 Å². The Labute approximate surface area is 136 Å². The third-order valence-electron chi connectivity index (χ3n) is 3.49. The zero-order valence-electron chi connectivity index (χ0n) is 12.5. The Morgan fingerprint density at radius 1 is 1.17 bits per heavy atom. The molecule has 23 heavy (non-hydrogen) atoms. The second kappa shape index (κ2) is 5.77. The standard InChI is InChI=1S/C16H14N6S/c1-11-8-13-14(19-10-20-16(13)23-11)18-9-12-4-2-5-17-15(12)22-7-3-6-21-22/h2-8,10H,9H2,1H3,(H,18,19,20). The van der Waals surface area contributed by atoms with E-state index < -0.39 is 0 Å². The number of hydrogen-bond acceptors (Lipinski definition) is 6. The maximum absolute atomic E-state index is 4.43. The number of nitrogens with one attached hydrogen (secondary N) is 1. The molecule has 0 atom stereocenters. The predicted octanol–water partition coefficient (Wildman–Crippen LogP) is 3.19. The molecule has 6 nitrogen and oxygen atoms in total. The van der Waals surface area contributed by atoms with Crippen LogP contribution in [-0.2, 0) is 6.54 Å². The van der Waals surface area contributed by atoms with Gasteiger partial charge in [0.25, 0.3) is 0 Å². The fraction of sp³-hybridized carbons (Fsp3) is 0.125. The Morgan fingerprint density at radius 3 is 3.00 bits per heavy atom. The lowest BCUT2D eigenvalue weighted by molar-refractivity contribution is 0.828. The van der Waals surface area contributed by atoms with Crippen LogP contribution in [0.15, 0.2) is 49.2 Å². The highest BCUT2D eigenvalue weighted by Gasteiger charge is 2.09. The maximum atomic E-state index is 4.43. The van der Waals surface area contributed by atoms with Gasteiger partial charge in [-0.2, -0.15) is 5.10 Å². The minimum absolute atomic E-state index is 0.615. The van der Waals surface area contributed by atoms with Crippen LogP contribution in [0.4, 0.5) is 5.82 Å². The minimum atomic E-state index is 0.615. The Balaban J connectivity index is 1.64.